The van der Waals surface area contributed by atoms with Crippen LogP contribution in [0.3, 0.4) is 0 Å². The number of nitrogens with two attached hydrogens (primary N) is 1. The maximum absolute atomic E-state index is 13.7. The molecule has 0 spiro atoms. The molecule has 0 radical (unpaired) electrons. The highest BCUT2D eigenvalue weighted by Gasteiger charge is 2.70. The van der Waals surface area contributed by atoms with E-state index in [-0.39, 0.29) is 29.8 Å². The topological polar surface area (TPSA) is 64.3 Å². The van der Waals surface area contributed by atoms with E-state index in [2.05, 4.69) is 5.32 Å². The van der Waals surface area contributed by atoms with Crippen molar-refractivity contribution in [2.75, 3.05) is 12.4 Å². The van der Waals surface area contributed by atoms with Crippen molar-refractivity contribution in [3.8, 4) is 0 Å². The summed E-state index contributed by atoms with van der Waals surface area (Å²) in [5, 5.41) is 3.13. The second-order valence-electron chi connectivity index (χ2n) is 7.98. The number of hydrogen-bond acceptors (Lipinski definition) is 4. The standard InChI is InChI=1S/C19H25FN2O2S/c1-18(2)16-13(4-3-8-24-16)19(18,21)17(23)22-14-7-9-25-15-6-5-11(20)10-12(14)15/h5-6,10,13-14,16H,3-4,7-9,21H2,1-2H3,(H,22,23). The molecule has 1 saturated heterocycles. The Hall–Kier alpha value is -1.11. The Morgan fingerprint density at radius 1 is 1.40 bits per heavy atom. The lowest BCUT2D eigenvalue weighted by molar-refractivity contribution is -0.225. The van der Waals surface area contributed by atoms with Crippen LogP contribution in [0, 0.1) is 17.2 Å². The minimum atomic E-state index is -0.934. The van der Waals surface area contributed by atoms with Gasteiger partial charge in [-0.1, -0.05) is 13.8 Å². The number of carbonyl (C=O) groups excluding carboxylic acids is 1. The van der Waals surface area contributed by atoms with Gasteiger partial charge in [-0.3, -0.25) is 4.79 Å². The Balaban J connectivity index is 1.58. The summed E-state index contributed by atoms with van der Waals surface area (Å²) in [6.07, 6.45) is 2.69. The van der Waals surface area contributed by atoms with E-state index in [0.29, 0.717) is 0 Å². The number of hydrogen-bond donors (Lipinski definition) is 2. The first kappa shape index (κ1) is 17.3. The molecule has 2 aliphatic heterocycles. The van der Waals surface area contributed by atoms with E-state index in [1.54, 1.807) is 17.8 Å². The average Bonchev–Trinajstić information content (AvgIpc) is 2.61. The first-order chi connectivity index (χ1) is 11.9. The molecule has 1 aliphatic carbocycles. The fraction of sp³-hybridized carbons (Fsp3) is 0.632. The van der Waals surface area contributed by atoms with Crippen molar-refractivity contribution >= 4 is 17.7 Å². The fourth-order valence-corrected chi connectivity index (χ4v) is 5.94. The van der Waals surface area contributed by atoms with Crippen LogP contribution in [-0.4, -0.2) is 29.9 Å². The highest BCUT2D eigenvalue weighted by atomic mass is 32.2. The lowest BCUT2D eigenvalue weighted by atomic mass is 9.46. The Bertz CT molecular complexity index is 711. The largest absolute Gasteiger partial charge is 0.377 e. The molecule has 4 nitrogen and oxygen atoms in total. The highest BCUT2D eigenvalue weighted by Crippen LogP contribution is 2.57. The van der Waals surface area contributed by atoms with E-state index >= 15 is 0 Å². The predicted molar refractivity (Wildman–Crippen MR) is 95.8 cm³/mol. The zero-order valence-corrected chi connectivity index (χ0v) is 15.5. The summed E-state index contributed by atoms with van der Waals surface area (Å²) < 4.78 is 19.6. The molecule has 6 heteroatoms. The van der Waals surface area contributed by atoms with Gasteiger partial charge in [-0.2, -0.15) is 0 Å². The lowest BCUT2D eigenvalue weighted by Gasteiger charge is -2.65. The molecular weight excluding hydrogens is 339 g/mol. The molecule has 4 rings (SSSR count). The van der Waals surface area contributed by atoms with Crippen LogP contribution >= 0.6 is 11.8 Å². The summed E-state index contributed by atoms with van der Waals surface area (Å²) in [7, 11) is 0. The van der Waals surface area contributed by atoms with Gasteiger partial charge >= 0.3 is 0 Å². The molecule has 3 aliphatic rings. The van der Waals surface area contributed by atoms with Gasteiger partial charge in [0, 0.05) is 28.6 Å². The van der Waals surface area contributed by atoms with Gasteiger partial charge < -0.3 is 15.8 Å². The second-order valence-corrected chi connectivity index (χ2v) is 9.11. The van der Waals surface area contributed by atoms with Gasteiger partial charge in [0.25, 0.3) is 0 Å². The number of nitrogens with one attached hydrogen (secondary N) is 1. The maximum atomic E-state index is 13.7. The smallest absolute Gasteiger partial charge is 0.241 e. The van der Waals surface area contributed by atoms with Gasteiger partial charge in [-0.25, -0.2) is 4.39 Å². The SMILES string of the molecule is CC1(C)C2OCCCC2C1(N)C(=O)NC1CCSc2ccc(F)cc21. The molecule has 0 aromatic heterocycles. The Morgan fingerprint density at radius 2 is 2.20 bits per heavy atom. The van der Waals surface area contributed by atoms with Gasteiger partial charge in [-0.15, -0.1) is 11.8 Å². The van der Waals surface area contributed by atoms with Crippen molar-refractivity contribution in [1.82, 2.24) is 5.32 Å². The van der Waals surface area contributed by atoms with Crippen molar-refractivity contribution in [2.45, 2.75) is 55.7 Å². The van der Waals surface area contributed by atoms with Gasteiger partial charge in [0.2, 0.25) is 5.91 Å². The zero-order valence-electron chi connectivity index (χ0n) is 14.7. The van der Waals surface area contributed by atoms with Crippen LogP contribution in [0.2, 0.25) is 0 Å². The van der Waals surface area contributed by atoms with Crippen molar-refractivity contribution in [2.24, 2.45) is 17.1 Å². The van der Waals surface area contributed by atoms with Gasteiger partial charge in [0.05, 0.1) is 12.1 Å². The van der Waals surface area contributed by atoms with Crippen LogP contribution in [0.25, 0.3) is 0 Å². The molecule has 2 fully saturated rings. The minimum absolute atomic E-state index is 0.0450. The molecule has 4 unspecified atom stereocenters. The fourth-order valence-electron chi connectivity index (χ4n) is 4.83. The maximum Gasteiger partial charge on any atom is 0.241 e. The molecule has 2 heterocycles. The van der Waals surface area contributed by atoms with E-state index in [1.165, 1.54) is 12.1 Å². The van der Waals surface area contributed by atoms with Gasteiger partial charge in [-0.05, 0) is 43.0 Å². The van der Waals surface area contributed by atoms with E-state index in [9.17, 15) is 9.18 Å². The molecule has 0 bridgehead atoms. The van der Waals surface area contributed by atoms with E-state index in [1.807, 2.05) is 13.8 Å². The normalized spacial score (nSPS) is 35.9. The highest BCUT2D eigenvalue weighted by molar-refractivity contribution is 7.99. The number of rotatable bonds is 2. The van der Waals surface area contributed by atoms with Crippen LogP contribution < -0.4 is 11.1 Å². The quantitative estimate of drug-likeness (QED) is 0.847. The first-order valence-corrected chi connectivity index (χ1v) is 9.98. The van der Waals surface area contributed by atoms with Gasteiger partial charge in [0.15, 0.2) is 0 Å². The van der Waals surface area contributed by atoms with Crippen molar-refractivity contribution in [3.05, 3.63) is 29.6 Å². The Labute approximate surface area is 152 Å². The number of benzene rings is 1. The molecule has 136 valence electrons. The molecule has 4 atom stereocenters. The predicted octanol–water partition coefficient (Wildman–Crippen LogP) is 3.01. The third-order valence-corrected chi connectivity index (χ3v) is 7.50. The molecule has 3 N–H and O–H groups in total. The summed E-state index contributed by atoms with van der Waals surface area (Å²) in [6, 6.07) is 4.62. The summed E-state index contributed by atoms with van der Waals surface area (Å²) in [5.74, 6) is 0.560. The minimum Gasteiger partial charge on any atom is -0.377 e. The number of ether oxygens (including phenoxy) is 1. The van der Waals surface area contributed by atoms with Crippen molar-refractivity contribution in [3.63, 3.8) is 0 Å². The number of fused-ring (bicyclic) bond motifs is 2. The number of carbonyl (C=O) groups is 1. The van der Waals surface area contributed by atoms with E-state index in [4.69, 9.17) is 10.5 Å². The second kappa shape index (κ2) is 5.96. The summed E-state index contributed by atoms with van der Waals surface area (Å²) in [6.45, 7) is 4.78. The Kier molecular flexibility index (Phi) is 4.13. The zero-order chi connectivity index (χ0) is 17.8. The van der Waals surface area contributed by atoms with Gasteiger partial charge in [0.1, 0.15) is 11.4 Å². The summed E-state index contributed by atoms with van der Waals surface area (Å²) >= 11 is 1.70. The molecule has 1 aromatic carbocycles. The van der Waals surface area contributed by atoms with Crippen molar-refractivity contribution in [1.29, 1.82) is 0 Å². The summed E-state index contributed by atoms with van der Waals surface area (Å²) in [5.41, 5.74) is 6.20. The number of amides is 1. The molecule has 1 aromatic rings. The number of thioether (sulfide) groups is 1. The van der Waals surface area contributed by atoms with Crippen LogP contribution in [0.4, 0.5) is 4.39 Å². The van der Waals surface area contributed by atoms with Crippen LogP contribution in [0.1, 0.15) is 44.7 Å². The molecular formula is C19H25FN2O2S. The Morgan fingerprint density at radius 3 is 3.00 bits per heavy atom. The monoisotopic (exact) mass is 364 g/mol. The lowest BCUT2D eigenvalue weighted by Crippen LogP contribution is -2.82. The average molecular weight is 364 g/mol. The summed E-state index contributed by atoms with van der Waals surface area (Å²) in [4.78, 5) is 14.2. The third-order valence-electron chi connectivity index (χ3n) is 6.38. The van der Waals surface area contributed by atoms with E-state index in [0.717, 1.165) is 42.1 Å². The first-order valence-electron chi connectivity index (χ1n) is 8.99. The molecule has 25 heavy (non-hydrogen) atoms. The molecule has 1 amide bonds. The third kappa shape index (κ3) is 2.45. The van der Waals surface area contributed by atoms with Crippen LogP contribution in [0.15, 0.2) is 23.1 Å². The number of halogens is 1. The molecule has 1 saturated carbocycles. The van der Waals surface area contributed by atoms with E-state index < -0.39 is 11.0 Å². The van der Waals surface area contributed by atoms with Crippen molar-refractivity contribution < 1.29 is 13.9 Å². The van der Waals surface area contributed by atoms with Crippen LogP contribution in [0.5, 0.6) is 0 Å². The van der Waals surface area contributed by atoms with Crippen LogP contribution in [-0.2, 0) is 9.53 Å².